The first-order valence-corrected chi connectivity index (χ1v) is 6.66. The third-order valence-corrected chi connectivity index (χ3v) is 4.06. The van der Waals surface area contributed by atoms with E-state index in [9.17, 15) is 4.79 Å². The van der Waals surface area contributed by atoms with E-state index in [1.165, 1.54) is 16.6 Å². The molecule has 0 spiro atoms. The summed E-state index contributed by atoms with van der Waals surface area (Å²) in [4.78, 5) is 14.8. The van der Waals surface area contributed by atoms with Crippen LogP contribution in [0.4, 0.5) is 0 Å². The molecule has 0 fully saturated rings. The monoisotopic (exact) mass is 252 g/mol. The van der Waals surface area contributed by atoms with Crippen LogP contribution in [0.15, 0.2) is 29.4 Å². The van der Waals surface area contributed by atoms with E-state index in [1.807, 2.05) is 32.3 Å². The molecule has 2 aromatic heterocycles. The molecule has 0 radical (unpaired) electrons. The van der Waals surface area contributed by atoms with Crippen molar-refractivity contribution in [1.29, 1.82) is 0 Å². The fraction of sp³-hybridized carbons (Fsp3) is 0.273. The molecule has 0 aliphatic carbocycles. The molecule has 0 saturated heterocycles. The third-order valence-electron chi connectivity index (χ3n) is 2.07. The zero-order valence-corrected chi connectivity index (χ0v) is 10.8. The minimum absolute atomic E-state index is 0.187. The molecule has 0 aliphatic heterocycles. The number of hydrogen-bond donors (Lipinski definition) is 0. The van der Waals surface area contributed by atoms with Gasteiger partial charge in [-0.25, -0.2) is 0 Å². The normalized spacial score (nSPS) is 10.6. The Balaban J connectivity index is 1.93. The summed E-state index contributed by atoms with van der Waals surface area (Å²) >= 11 is 3.08. The highest BCUT2D eigenvalue weighted by molar-refractivity contribution is 8.00. The second kappa shape index (κ2) is 4.84. The Hall–Kier alpha value is -1.07. The van der Waals surface area contributed by atoms with Gasteiger partial charge >= 0.3 is 0 Å². The molecule has 84 valence electrons. The van der Waals surface area contributed by atoms with Gasteiger partial charge in [-0.2, -0.15) is 5.10 Å². The topological polar surface area (TPSA) is 34.9 Å². The van der Waals surface area contributed by atoms with E-state index in [0.29, 0.717) is 5.75 Å². The fourth-order valence-corrected chi connectivity index (χ4v) is 2.98. The van der Waals surface area contributed by atoms with Crippen molar-refractivity contribution in [2.45, 2.75) is 11.8 Å². The average Bonchev–Trinajstić information content (AvgIpc) is 2.84. The van der Waals surface area contributed by atoms with Crippen LogP contribution in [0.25, 0.3) is 0 Å². The number of thiophene rings is 1. The highest BCUT2D eigenvalue weighted by Crippen LogP contribution is 2.21. The quantitative estimate of drug-likeness (QED) is 0.620. The molecule has 0 saturated carbocycles. The van der Waals surface area contributed by atoms with Crippen molar-refractivity contribution in [3.8, 4) is 0 Å². The number of carbonyl (C=O) groups excluding carboxylic acids is 1. The van der Waals surface area contributed by atoms with E-state index < -0.39 is 0 Å². The Morgan fingerprint density at radius 1 is 1.56 bits per heavy atom. The van der Waals surface area contributed by atoms with Crippen molar-refractivity contribution in [3.63, 3.8) is 0 Å². The molecule has 0 aliphatic rings. The van der Waals surface area contributed by atoms with E-state index >= 15 is 0 Å². The van der Waals surface area contributed by atoms with E-state index in [0.717, 1.165) is 9.77 Å². The predicted octanol–water partition coefficient (Wildman–Crippen LogP) is 2.77. The van der Waals surface area contributed by atoms with Crippen molar-refractivity contribution >= 4 is 28.9 Å². The molecular formula is C11H12N2OS2. The van der Waals surface area contributed by atoms with Crippen LogP contribution in [-0.2, 0) is 7.05 Å². The lowest BCUT2D eigenvalue weighted by atomic mass is 10.3. The van der Waals surface area contributed by atoms with Gasteiger partial charge in [0, 0.05) is 23.0 Å². The average molecular weight is 252 g/mol. The second-order valence-corrected chi connectivity index (χ2v) is 5.81. The number of hydrogen-bond acceptors (Lipinski definition) is 4. The van der Waals surface area contributed by atoms with Crippen molar-refractivity contribution in [2.75, 3.05) is 5.75 Å². The van der Waals surface area contributed by atoms with Crippen LogP contribution < -0.4 is 0 Å². The van der Waals surface area contributed by atoms with Gasteiger partial charge in [-0.05, 0) is 19.1 Å². The van der Waals surface area contributed by atoms with E-state index in [4.69, 9.17) is 0 Å². The molecule has 0 bridgehead atoms. The summed E-state index contributed by atoms with van der Waals surface area (Å²) in [5, 5.41) is 4.06. The number of thioether (sulfide) groups is 1. The zero-order valence-electron chi connectivity index (χ0n) is 9.14. The molecule has 0 amide bonds. The van der Waals surface area contributed by atoms with Crippen molar-refractivity contribution in [1.82, 2.24) is 9.78 Å². The molecular weight excluding hydrogens is 240 g/mol. The van der Waals surface area contributed by atoms with Crippen molar-refractivity contribution in [3.05, 3.63) is 34.3 Å². The highest BCUT2D eigenvalue weighted by Gasteiger charge is 2.09. The van der Waals surface area contributed by atoms with Gasteiger partial charge in [-0.1, -0.05) is 0 Å². The predicted molar refractivity (Wildman–Crippen MR) is 67.3 cm³/mol. The van der Waals surface area contributed by atoms with E-state index in [1.54, 1.807) is 22.2 Å². The van der Waals surface area contributed by atoms with Gasteiger partial charge in [0.25, 0.3) is 0 Å². The Morgan fingerprint density at radius 2 is 2.38 bits per heavy atom. The maximum absolute atomic E-state index is 11.8. The first-order valence-electron chi connectivity index (χ1n) is 4.86. The van der Waals surface area contributed by atoms with Crippen LogP contribution in [0.3, 0.4) is 0 Å². The highest BCUT2D eigenvalue weighted by atomic mass is 32.2. The molecule has 2 heterocycles. The smallest absolute Gasteiger partial charge is 0.182 e. The molecule has 3 nitrogen and oxygen atoms in total. The van der Waals surface area contributed by atoms with Gasteiger partial charge in [-0.15, -0.1) is 23.1 Å². The lowest BCUT2D eigenvalue weighted by Gasteiger charge is -1.95. The molecule has 0 aromatic carbocycles. The molecule has 2 aromatic rings. The maximum atomic E-state index is 11.8. The van der Waals surface area contributed by atoms with Gasteiger partial charge in [0.2, 0.25) is 0 Å². The van der Waals surface area contributed by atoms with Crippen LogP contribution in [0.1, 0.15) is 14.5 Å². The number of aromatic nitrogens is 2. The lowest BCUT2D eigenvalue weighted by molar-refractivity contribution is 0.102. The van der Waals surface area contributed by atoms with E-state index in [-0.39, 0.29) is 5.78 Å². The lowest BCUT2D eigenvalue weighted by Crippen LogP contribution is -1.98. The largest absolute Gasteiger partial charge is 0.292 e. The fourth-order valence-electron chi connectivity index (χ4n) is 1.28. The number of Topliss-reactive ketones (excluding diaryl/α,β-unsaturated/α-hetero) is 1. The summed E-state index contributed by atoms with van der Waals surface area (Å²) in [7, 11) is 1.87. The summed E-state index contributed by atoms with van der Waals surface area (Å²) in [6.07, 6.45) is 3.69. The van der Waals surface area contributed by atoms with Gasteiger partial charge < -0.3 is 0 Å². The molecule has 0 atom stereocenters. The maximum Gasteiger partial charge on any atom is 0.182 e. The standard InChI is InChI=1S/C11H12N2OS2/c1-8-3-4-11(16-8)10(14)7-15-9-5-12-13(2)6-9/h3-6H,7H2,1-2H3. The third kappa shape index (κ3) is 2.74. The molecule has 16 heavy (non-hydrogen) atoms. The Morgan fingerprint density at radius 3 is 2.94 bits per heavy atom. The number of carbonyl (C=O) groups is 1. The number of rotatable bonds is 4. The molecule has 0 N–H and O–H groups in total. The summed E-state index contributed by atoms with van der Waals surface area (Å²) in [6, 6.07) is 3.87. The molecule has 5 heteroatoms. The molecule has 0 unspecified atom stereocenters. The number of nitrogens with zero attached hydrogens (tertiary/aromatic N) is 2. The SMILES string of the molecule is Cc1ccc(C(=O)CSc2cnn(C)c2)s1. The van der Waals surface area contributed by atoms with Gasteiger partial charge in [0.1, 0.15) is 0 Å². The number of aryl methyl sites for hydroxylation is 2. The van der Waals surface area contributed by atoms with Crippen LogP contribution in [0.2, 0.25) is 0 Å². The molecule has 2 rings (SSSR count). The minimum atomic E-state index is 0.187. The summed E-state index contributed by atoms with van der Waals surface area (Å²) in [5.74, 6) is 0.665. The summed E-state index contributed by atoms with van der Waals surface area (Å²) in [6.45, 7) is 2.01. The Labute approximate surface area is 102 Å². The van der Waals surface area contributed by atoms with Gasteiger partial charge in [-0.3, -0.25) is 9.48 Å². The van der Waals surface area contributed by atoms with Crippen molar-refractivity contribution < 1.29 is 4.79 Å². The van der Waals surface area contributed by atoms with Gasteiger partial charge in [0.15, 0.2) is 5.78 Å². The summed E-state index contributed by atoms with van der Waals surface area (Å²) in [5.41, 5.74) is 0. The Kier molecular flexibility index (Phi) is 3.46. The zero-order chi connectivity index (χ0) is 11.5. The number of ketones is 1. The van der Waals surface area contributed by atoms with Crippen LogP contribution in [0.5, 0.6) is 0 Å². The van der Waals surface area contributed by atoms with Crippen LogP contribution >= 0.6 is 23.1 Å². The first-order chi connectivity index (χ1) is 7.65. The van der Waals surface area contributed by atoms with Crippen LogP contribution in [-0.4, -0.2) is 21.3 Å². The summed E-state index contributed by atoms with van der Waals surface area (Å²) < 4.78 is 1.74. The van der Waals surface area contributed by atoms with Crippen molar-refractivity contribution in [2.24, 2.45) is 7.05 Å². The minimum Gasteiger partial charge on any atom is -0.292 e. The van der Waals surface area contributed by atoms with Crippen LogP contribution in [0, 0.1) is 6.92 Å². The second-order valence-electron chi connectivity index (χ2n) is 3.47. The van der Waals surface area contributed by atoms with Gasteiger partial charge in [0.05, 0.1) is 16.8 Å². The van der Waals surface area contributed by atoms with E-state index in [2.05, 4.69) is 5.10 Å². The Bertz CT molecular complexity index is 502. The first kappa shape index (κ1) is 11.4.